The first-order chi connectivity index (χ1) is 7.24. The number of nitrogens with one attached hydrogen (secondary N) is 1. The lowest BCUT2D eigenvalue weighted by atomic mass is 10.4. The lowest BCUT2D eigenvalue weighted by molar-refractivity contribution is 0.0716. The quantitative estimate of drug-likeness (QED) is 0.614. The highest BCUT2D eigenvalue weighted by molar-refractivity contribution is 14.1. The Labute approximate surface area is 101 Å². The first kappa shape index (κ1) is 12.6. The van der Waals surface area contributed by atoms with Gasteiger partial charge < -0.3 is 14.5 Å². The fourth-order valence-electron chi connectivity index (χ4n) is 0.956. The zero-order chi connectivity index (χ0) is 11.1. The minimum absolute atomic E-state index is 0.0995. The molecule has 0 fully saturated rings. The Kier molecular flexibility index (Phi) is 5.81. The molecule has 0 aromatic carbocycles. The summed E-state index contributed by atoms with van der Waals surface area (Å²) in [6.45, 7) is 1.68. The highest BCUT2D eigenvalue weighted by Crippen LogP contribution is 1.95. The monoisotopic (exact) mass is 324 g/mol. The molecule has 0 radical (unpaired) electrons. The number of ether oxygens (including phenoxy) is 2. The molecule has 1 N–H and O–H groups in total. The number of halogens is 1. The van der Waals surface area contributed by atoms with Crippen LogP contribution in [0.5, 0.6) is 0 Å². The van der Waals surface area contributed by atoms with Gasteiger partial charge in [0.15, 0.2) is 0 Å². The molecule has 84 valence electrons. The van der Waals surface area contributed by atoms with E-state index in [1.807, 2.05) is 22.6 Å². The van der Waals surface area contributed by atoms with Crippen molar-refractivity contribution in [3.8, 4) is 0 Å². The van der Waals surface area contributed by atoms with Crippen LogP contribution in [0.25, 0.3) is 0 Å². The minimum atomic E-state index is -0.0995. The Hall–Kier alpha value is -0.470. The number of aromatic nitrogens is 2. The first-order valence-corrected chi connectivity index (χ1v) is 5.62. The molecule has 0 aliphatic carbocycles. The van der Waals surface area contributed by atoms with E-state index in [2.05, 4.69) is 9.97 Å². The minimum Gasteiger partial charge on any atom is -0.382 e. The summed E-state index contributed by atoms with van der Waals surface area (Å²) in [4.78, 5) is 18.0. The summed E-state index contributed by atoms with van der Waals surface area (Å²) < 4.78 is 10.7. The molecule has 1 heterocycles. The third-order valence-electron chi connectivity index (χ3n) is 1.72. The van der Waals surface area contributed by atoms with Crippen LogP contribution in [0.4, 0.5) is 0 Å². The molecule has 0 aliphatic rings. The van der Waals surface area contributed by atoms with Crippen LogP contribution >= 0.6 is 22.6 Å². The zero-order valence-electron chi connectivity index (χ0n) is 8.46. The summed E-state index contributed by atoms with van der Waals surface area (Å²) in [6, 6.07) is 0. The number of rotatable bonds is 6. The number of hydrogen-bond donors (Lipinski definition) is 1. The van der Waals surface area contributed by atoms with Crippen LogP contribution in [-0.2, 0) is 15.9 Å². The third-order valence-corrected chi connectivity index (χ3v) is 2.49. The van der Waals surface area contributed by atoms with E-state index in [0.29, 0.717) is 35.6 Å². The van der Waals surface area contributed by atoms with E-state index in [9.17, 15) is 4.79 Å². The molecule has 0 saturated carbocycles. The van der Waals surface area contributed by atoms with Gasteiger partial charge in [0.25, 0.3) is 5.56 Å². The summed E-state index contributed by atoms with van der Waals surface area (Å²) in [5, 5.41) is 0. The molecule has 0 spiro atoms. The molecule has 5 nitrogen and oxygen atoms in total. The molecule has 1 aromatic rings. The van der Waals surface area contributed by atoms with E-state index < -0.39 is 0 Å². The topological polar surface area (TPSA) is 64.2 Å². The third kappa shape index (κ3) is 4.72. The molecule has 6 heteroatoms. The van der Waals surface area contributed by atoms with Crippen molar-refractivity contribution >= 4 is 22.6 Å². The summed E-state index contributed by atoms with van der Waals surface area (Å²) in [5.41, 5.74) is -0.0995. The number of aromatic amines is 1. The van der Waals surface area contributed by atoms with Crippen LogP contribution in [0.1, 0.15) is 5.82 Å². The van der Waals surface area contributed by atoms with Crippen LogP contribution in [0.3, 0.4) is 0 Å². The van der Waals surface area contributed by atoms with Crippen LogP contribution in [0.2, 0.25) is 0 Å². The first-order valence-electron chi connectivity index (χ1n) is 4.54. The Bertz CT molecular complexity index is 353. The van der Waals surface area contributed by atoms with E-state index in [0.717, 1.165) is 0 Å². The van der Waals surface area contributed by atoms with E-state index in [1.165, 1.54) is 0 Å². The smallest absolute Gasteiger partial charge is 0.264 e. The number of hydrogen-bond acceptors (Lipinski definition) is 4. The maximum atomic E-state index is 11.2. The predicted molar refractivity (Wildman–Crippen MR) is 64.0 cm³/mol. The highest BCUT2D eigenvalue weighted by Gasteiger charge is 1.99. The van der Waals surface area contributed by atoms with Crippen molar-refractivity contribution in [3.05, 3.63) is 25.9 Å². The molecule has 0 amide bonds. The van der Waals surface area contributed by atoms with Crippen molar-refractivity contribution in [2.24, 2.45) is 0 Å². The maximum Gasteiger partial charge on any atom is 0.264 e. The Morgan fingerprint density at radius 2 is 2.27 bits per heavy atom. The van der Waals surface area contributed by atoms with Gasteiger partial charge in [-0.3, -0.25) is 4.79 Å². The van der Waals surface area contributed by atoms with E-state index in [1.54, 1.807) is 13.3 Å². The van der Waals surface area contributed by atoms with Crippen LogP contribution in [-0.4, -0.2) is 36.9 Å². The molecular weight excluding hydrogens is 311 g/mol. The van der Waals surface area contributed by atoms with Crippen LogP contribution in [0.15, 0.2) is 11.0 Å². The van der Waals surface area contributed by atoms with Crippen molar-refractivity contribution in [1.29, 1.82) is 0 Å². The van der Waals surface area contributed by atoms with Crippen molar-refractivity contribution < 1.29 is 9.47 Å². The molecule has 15 heavy (non-hydrogen) atoms. The molecule has 0 atom stereocenters. The molecule has 0 saturated heterocycles. The lowest BCUT2D eigenvalue weighted by Gasteiger charge is -2.02. The molecule has 1 rings (SSSR count). The molecule has 0 bridgehead atoms. The second-order valence-corrected chi connectivity index (χ2v) is 4.02. The summed E-state index contributed by atoms with van der Waals surface area (Å²) >= 11 is 1.94. The zero-order valence-corrected chi connectivity index (χ0v) is 10.6. The predicted octanol–water partition coefficient (Wildman–Crippen LogP) is 0.580. The van der Waals surface area contributed by atoms with Gasteiger partial charge in [-0.2, -0.15) is 0 Å². The van der Waals surface area contributed by atoms with Gasteiger partial charge in [0, 0.05) is 19.7 Å². The lowest BCUT2D eigenvalue weighted by Crippen LogP contribution is -2.15. The van der Waals surface area contributed by atoms with Gasteiger partial charge in [-0.05, 0) is 22.6 Å². The van der Waals surface area contributed by atoms with Crippen LogP contribution in [0, 0.1) is 3.57 Å². The fourth-order valence-corrected chi connectivity index (χ4v) is 1.23. The summed E-state index contributed by atoms with van der Waals surface area (Å²) in [5.74, 6) is 0.651. The molecule has 0 unspecified atom stereocenters. The van der Waals surface area contributed by atoms with Gasteiger partial charge in [0.2, 0.25) is 0 Å². The number of methoxy groups -OCH3 is 1. The van der Waals surface area contributed by atoms with Gasteiger partial charge in [0.05, 0.1) is 23.4 Å². The average Bonchev–Trinajstić information content (AvgIpc) is 2.23. The van der Waals surface area contributed by atoms with Gasteiger partial charge >= 0.3 is 0 Å². The van der Waals surface area contributed by atoms with Crippen molar-refractivity contribution in [3.63, 3.8) is 0 Å². The van der Waals surface area contributed by atoms with Crippen LogP contribution < -0.4 is 5.56 Å². The van der Waals surface area contributed by atoms with E-state index >= 15 is 0 Å². The normalized spacial score (nSPS) is 10.5. The van der Waals surface area contributed by atoms with Crippen molar-refractivity contribution in [2.45, 2.75) is 6.42 Å². The molecule has 0 aliphatic heterocycles. The second-order valence-electron chi connectivity index (χ2n) is 2.86. The van der Waals surface area contributed by atoms with E-state index in [-0.39, 0.29) is 5.56 Å². The molecule has 1 aromatic heterocycles. The Balaban J connectivity index is 2.32. The van der Waals surface area contributed by atoms with E-state index in [4.69, 9.17) is 9.47 Å². The maximum absolute atomic E-state index is 11.2. The Morgan fingerprint density at radius 3 is 2.93 bits per heavy atom. The average molecular weight is 324 g/mol. The van der Waals surface area contributed by atoms with Gasteiger partial charge in [0.1, 0.15) is 5.82 Å². The number of H-pyrrole nitrogens is 1. The SMILES string of the molecule is COCCOCCc1ncc(I)c(=O)[nH]1. The molecular formula is C9H13IN2O3. The number of nitrogens with zero attached hydrogens (tertiary/aromatic N) is 1. The largest absolute Gasteiger partial charge is 0.382 e. The standard InChI is InChI=1S/C9H13IN2O3/c1-14-4-5-15-3-2-8-11-6-7(10)9(13)12-8/h6H,2-5H2,1H3,(H,11,12,13). The van der Waals surface area contributed by atoms with Crippen molar-refractivity contribution in [2.75, 3.05) is 26.9 Å². The summed E-state index contributed by atoms with van der Waals surface area (Å²) in [6.07, 6.45) is 2.17. The van der Waals surface area contributed by atoms with Gasteiger partial charge in [-0.1, -0.05) is 0 Å². The Morgan fingerprint density at radius 1 is 1.47 bits per heavy atom. The second kappa shape index (κ2) is 6.91. The van der Waals surface area contributed by atoms with Gasteiger partial charge in [-0.15, -0.1) is 0 Å². The van der Waals surface area contributed by atoms with Gasteiger partial charge in [-0.25, -0.2) is 4.98 Å². The highest BCUT2D eigenvalue weighted by atomic mass is 127. The summed E-state index contributed by atoms with van der Waals surface area (Å²) in [7, 11) is 1.63. The fraction of sp³-hybridized carbons (Fsp3) is 0.556. The van der Waals surface area contributed by atoms with Crippen molar-refractivity contribution in [1.82, 2.24) is 9.97 Å².